The first-order valence-corrected chi connectivity index (χ1v) is 7.62. The van der Waals surface area contributed by atoms with Crippen LogP contribution in [-0.2, 0) is 19.1 Å². The second kappa shape index (κ2) is 7.19. The summed E-state index contributed by atoms with van der Waals surface area (Å²) in [6, 6.07) is 0. The van der Waals surface area contributed by atoms with E-state index in [2.05, 4.69) is 4.74 Å². The number of rotatable bonds is 7. The van der Waals surface area contributed by atoms with Crippen molar-refractivity contribution in [3.63, 3.8) is 0 Å². The highest BCUT2D eigenvalue weighted by Crippen LogP contribution is 2.41. The molecule has 2 rings (SSSR count). The average molecular weight is 332 g/mol. The molecule has 2 aliphatic carbocycles. The summed E-state index contributed by atoms with van der Waals surface area (Å²) >= 11 is 0. The van der Waals surface area contributed by atoms with Crippen LogP contribution in [0.4, 0.5) is 13.2 Å². The molecular formula is C16H19F3O4. The normalized spacial score (nSPS) is 19.7. The molecule has 1 saturated carbocycles. The Kier molecular flexibility index (Phi) is 5.49. The van der Waals surface area contributed by atoms with Crippen molar-refractivity contribution in [2.75, 3.05) is 6.61 Å². The number of ether oxygens (including phenoxy) is 2. The summed E-state index contributed by atoms with van der Waals surface area (Å²) in [5.41, 5.74) is 0.744. The third-order valence-electron chi connectivity index (χ3n) is 3.92. The van der Waals surface area contributed by atoms with Crippen molar-refractivity contribution in [1.82, 2.24) is 0 Å². The number of ketones is 1. The fraction of sp³-hybridized carbons (Fsp3) is 0.625. The van der Waals surface area contributed by atoms with Gasteiger partial charge in [-0.3, -0.25) is 9.59 Å². The number of hydrogen-bond acceptors (Lipinski definition) is 4. The van der Waals surface area contributed by atoms with E-state index in [-0.39, 0.29) is 18.3 Å². The molecular weight excluding hydrogens is 313 g/mol. The Balaban J connectivity index is 1.95. The largest absolute Gasteiger partial charge is 0.573 e. The number of Topliss-reactive ketones (excluding diaryl/α,β-unsaturated/α-hetero) is 1. The van der Waals surface area contributed by atoms with E-state index in [1.807, 2.05) is 0 Å². The van der Waals surface area contributed by atoms with Crippen molar-refractivity contribution in [3.05, 3.63) is 23.5 Å². The molecule has 7 heteroatoms. The summed E-state index contributed by atoms with van der Waals surface area (Å²) in [5, 5.41) is 0. The van der Waals surface area contributed by atoms with Gasteiger partial charge in [0.25, 0.3) is 0 Å². The first kappa shape index (κ1) is 17.6. The van der Waals surface area contributed by atoms with Crippen molar-refractivity contribution in [2.24, 2.45) is 11.8 Å². The number of halogens is 3. The van der Waals surface area contributed by atoms with Gasteiger partial charge in [-0.15, -0.1) is 13.2 Å². The van der Waals surface area contributed by atoms with Gasteiger partial charge in [-0.1, -0.05) is 18.6 Å². The topological polar surface area (TPSA) is 52.6 Å². The van der Waals surface area contributed by atoms with Crippen LogP contribution < -0.4 is 0 Å². The minimum Gasteiger partial charge on any atom is -0.465 e. The van der Waals surface area contributed by atoms with Gasteiger partial charge in [0.05, 0.1) is 6.61 Å². The zero-order chi connectivity index (χ0) is 17.0. The van der Waals surface area contributed by atoms with Gasteiger partial charge in [-0.2, -0.15) is 0 Å². The summed E-state index contributed by atoms with van der Waals surface area (Å²) in [4.78, 5) is 23.0. The third kappa shape index (κ3) is 5.73. The fourth-order valence-corrected chi connectivity index (χ4v) is 2.56. The number of hydrogen-bond donors (Lipinski definition) is 0. The first-order valence-electron chi connectivity index (χ1n) is 7.62. The number of carbonyl (C=O) groups is 2. The predicted octanol–water partition coefficient (Wildman–Crippen LogP) is 3.68. The van der Waals surface area contributed by atoms with E-state index in [0.29, 0.717) is 25.4 Å². The lowest BCUT2D eigenvalue weighted by atomic mass is 9.90. The minimum absolute atomic E-state index is 0.0904. The van der Waals surface area contributed by atoms with E-state index in [9.17, 15) is 22.8 Å². The molecule has 1 atom stereocenters. The van der Waals surface area contributed by atoms with Crippen LogP contribution in [0.2, 0.25) is 0 Å². The van der Waals surface area contributed by atoms with Crippen molar-refractivity contribution < 1.29 is 32.2 Å². The summed E-state index contributed by atoms with van der Waals surface area (Å²) in [6.45, 7) is 2.00. The second-order valence-electron chi connectivity index (χ2n) is 5.84. The van der Waals surface area contributed by atoms with Gasteiger partial charge in [0, 0.05) is 12.8 Å². The van der Waals surface area contributed by atoms with Gasteiger partial charge >= 0.3 is 12.3 Å². The Hall–Kier alpha value is -1.79. The van der Waals surface area contributed by atoms with E-state index < -0.39 is 17.9 Å². The lowest BCUT2D eigenvalue weighted by molar-refractivity contribution is -0.304. The van der Waals surface area contributed by atoms with Crippen LogP contribution in [0.1, 0.15) is 39.0 Å². The number of carbonyl (C=O) groups excluding carboxylic acids is 2. The monoisotopic (exact) mass is 332 g/mol. The zero-order valence-corrected chi connectivity index (χ0v) is 12.8. The van der Waals surface area contributed by atoms with Crippen molar-refractivity contribution >= 4 is 11.8 Å². The highest BCUT2D eigenvalue weighted by molar-refractivity contribution is 5.96. The lowest BCUT2D eigenvalue weighted by Crippen LogP contribution is -2.21. The van der Waals surface area contributed by atoms with Gasteiger partial charge in [-0.25, -0.2) is 0 Å². The first-order chi connectivity index (χ1) is 10.8. The molecule has 0 saturated heterocycles. The molecule has 0 N–H and O–H groups in total. The average Bonchev–Trinajstić information content (AvgIpc) is 3.29. The molecule has 23 heavy (non-hydrogen) atoms. The smallest absolute Gasteiger partial charge is 0.465 e. The van der Waals surface area contributed by atoms with Crippen molar-refractivity contribution in [2.45, 2.75) is 45.4 Å². The van der Waals surface area contributed by atoms with E-state index in [1.165, 1.54) is 6.08 Å². The molecule has 0 bridgehead atoms. The summed E-state index contributed by atoms with van der Waals surface area (Å²) in [7, 11) is 0. The fourth-order valence-electron chi connectivity index (χ4n) is 2.56. The van der Waals surface area contributed by atoms with E-state index in [0.717, 1.165) is 24.5 Å². The Morgan fingerprint density at radius 1 is 1.35 bits per heavy atom. The van der Waals surface area contributed by atoms with Crippen LogP contribution in [0.15, 0.2) is 23.5 Å². The highest BCUT2D eigenvalue weighted by Gasteiger charge is 2.36. The predicted molar refractivity (Wildman–Crippen MR) is 75.0 cm³/mol. The Morgan fingerprint density at radius 3 is 2.57 bits per heavy atom. The quantitative estimate of drug-likeness (QED) is 0.668. The molecule has 0 aromatic carbocycles. The molecule has 2 aliphatic rings. The Bertz CT molecular complexity index is 530. The zero-order valence-electron chi connectivity index (χ0n) is 12.8. The van der Waals surface area contributed by atoms with Gasteiger partial charge in [0.2, 0.25) is 5.78 Å². The molecule has 0 aromatic rings. The maximum atomic E-state index is 12.2. The van der Waals surface area contributed by atoms with E-state index in [4.69, 9.17) is 4.74 Å². The molecule has 1 unspecified atom stereocenters. The van der Waals surface area contributed by atoms with Crippen LogP contribution in [0.5, 0.6) is 0 Å². The van der Waals surface area contributed by atoms with Gasteiger partial charge in [0.1, 0.15) is 0 Å². The Labute approximate surface area is 132 Å². The van der Waals surface area contributed by atoms with E-state index >= 15 is 0 Å². The molecule has 0 radical (unpaired) electrons. The maximum Gasteiger partial charge on any atom is 0.573 e. The summed E-state index contributed by atoms with van der Waals surface area (Å²) < 4.78 is 45.3. The van der Waals surface area contributed by atoms with Crippen LogP contribution in [0, 0.1) is 11.8 Å². The second-order valence-corrected chi connectivity index (χ2v) is 5.84. The van der Waals surface area contributed by atoms with Crippen molar-refractivity contribution in [3.8, 4) is 0 Å². The SMILES string of the molecule is CCC(=O)OCC(CC1=CC=C(OC(F)(F)F)C(=O)C1)C1CC1. The minimum atomic E-state index is -4.86. The van der Waals surface area contributed by atoms with Crippen LogP contribution in [-0.4, -0.2) is 24.7 Å². The number of allylic oxidation sites excluding steroid dienone is 4. The standard InChI is InChI=1S/C16H19F3O4/c1-2-15(21)22-9-12(11-4-5-11)7-10-3-6-14(13(20)8-10)23-16(17,18)19/h3,6,11-12H,2,4-5,7-9H2,1H3. The number of alkyl halides is 3. The Morgan fingerprint density at radius 2 is 2.04 bits per heavy atom. The van der Waals surface area contributed by atoms with Gasteiger partial charge < -0.3 is 9.47 Å². The summed E-state index contributed by atoms with van der Waals surface area (Å²) in [6.07, 6.45) is 0.561. The molecule has 0 amide bonds. The van der Waals surface area contributed by atoms with Gasteiger partial charge in [-0.05, 0) is 37.2 Å². The summed E-state index contributed by atoms with van der Waals surface area (Å²) in [5.74, 6) is -1.07. The number of esters is 1. The molecule has 0 aliphatic heterocycles. The van der Waals surface area contributed by atoms with Crippen LogP contribution >= 0.6 is 0 Å². The molecule has 1 fully saturated rings. The molecule has 0 aromatic heterocycles. The molecule has 128 valence electrons. The molecule has 4 nitrogen and oxygen atoms in total. The van der Waals surface area contributed by atoms with Crippen molar-refractivity contribution in [1.29, 1.82) is 0 Å². The molecule has 0 heterocycles. The van der Waals surface area contributed by atoms with Crippen LogP contribution in [0.25, 0.3) is 0 Å². The van der Waals surface area contributed by atoms with Crippen LogP contribution in [0.3, 0.4) is 0 Å². The van der Waals surface area contributed by atoms with Gasteiger partial charge in [0.15, 0.2) is 5.76 Å². The lowest BCUT2D eigenvalue weighted by Gasteiger charge is -2.20. The third-order valence-corrected chi connectivity index (χ3v) is 3.92. The van der Waals surface area contributed by atoms with E-state index in [1.54, 1.807) is 6.92 Å². The maximum absolute atomic E-state index is 12.2. The molecule has 0 spiro atoms. The highest BCUT2D eigenvalue weighted by atomic mass is 19.4.